The van der Waals surface area contributed by atoms with E-state index < -0.39 is 4.92 Å². The number of nitrogens with one attached hydrogen (secondary N) is 2. The van der Waals surface area contributed by atoms with Gasteiger partial charge in [0.1, 0.15) is 6.20 Å². The molecule has 0 aromatic carbocycles. The minimum absolute atomic E-state index is 0.00367. The van der Waals surface area contributed by atoms with E-state index in [-0.39, 0.29) is 16.8 Å². The first-order valence-corrected chi connectivity index (χ1v) is 7.58. The van der Waals surface area contributed by atoms with Crippen LogP contribution >= 0.6 is 11.6 Å². The summed E-state index contributed by atoms with van der Waals surface area (Å²) in [5.41, 5.74) is 2.52. The topological polar surface area (TPSA) is 105 Å². The van der Waals surface area contributed by atoms with Crippen LogP contribution in [-0.4, -0.2) is 20.6 Å². The van der Waals surface area contributed by atoms with E-state index in [9.17, 15) is 10.1 Å². The smallest absolute Gasteiger partial charge is 0.329 e. The Morgan fingerprint density at radius 3 is 2.92 bits per heavy atom. The van der Waals surface area contributed by atoms with Gasteiger partial charge >= 0.3 is 5.69 Å². The van der Waals surface area contributed by atoms with E-state index in [1.165, 1.54) is 5.57 Å². The summed E-state index contributed by atoms with van der Waals surface area (Å²) in [6, 6.07) is 0. The first kappa shape index (κ1) is 17.6. The summed E-state index contributed by atoms with van der Waals surface area (Å²) in [7, 11) is 0. The molecule has 1 heterocycles. The number of rotatable bonds is 5. The number of anilines is 1. The van der Waals surface area contributed by atoms with Gasteiger partial charge in [0.15, 0.2) is 0 Å². The number of nitro groups is 1. The molecule has 0 unspecified atom stereocenters. The largest absolute Gasteiger partial charge is 0.334 e. The zero-order valence-electron chi connectivity index (χ0n) is 13.2. The maximum absolute atomic E-state index is 11.1. The minimum atomic E-state index is -0.585. The zero-order chi connectivity index (χ0) is 17.7. The van der Waals surface area contributed by atoms with E-state index in [1.54, 1.807) is 18.2 Å². The molecule has 0 spiro atoms. The quantitative estimate of drug-likeness (QED) is 0.472. The van der Waals surface area contributed by atoms with Crippen molar-refractivity contribution in [2.45, 2.75) is 20.3 Å². The van der Waals surface area contributed by atoms with Crippen LogP contribution in [0.3, 0.4) is 0 Å². The maximum Gasteiger partial charge on any atom is 0.329 e. The highest BCUT2D eigenvalue weighted by Crippen LogP contribution is 2.25. The molecule has 0 radical (unpaired) electrons. The molecule has 0 fully saturated rings. The van der Waals surface area contributed by atoms with Crippen molar-refractivity contribution in [3.8, 4) is 0 Å². The lowest BCUT2D eigenvalue weighted by Crippen LogP contribution is -2.09. The number of hydrogen-bond acceptors (Lipinski definition) is 6. The average molecular weight is 346 g/mol. The van der Waals surface area contributed by atoms with E-state index in [0.29, 0.717) is 17.0 Å². The Labute approximate surface area is 144 Å². The van der Waals surface area contributed by atoms with Crippen LogP contribution in [0, 0.1) is 15.5 Å². The highest BCUT2D eigenvalue weighted by atomic mass is 35.5. The third kappa shape index (κ3) is 4.36. The molecule has 0 bridgehead atoms. The summed E-state index contributed by atoms with van der Waals surface area (Å²) in [4.78, 5) is 18.0. The van der Waals surface area contributed by atoms with Gasteiger partial charge in [-0.3, -0.25) is 10.1 Å². The minimum Gasteiger partial charge on any atom is -0.334 e. The second-order valence-electron chi connectivity index (χ2n) is 5.09. The molecule has 7 nitrogen and oxygen atoms in total. The van der Waals surface area contributed by atoms with Crippen LogP contribution in [0.1, 0.15) is 20.3 Å². The number of aromatic nitrogens is 2. The Morgan fingerprint density at radius 2 is 2.25 bits per heavy atom. The molecule has 1 aromatic heterocycles. The predicted molar refractivity (Wildman–Crippen MR) is 94.4 cm³/mol. The van der Waals surface area contributed by atoms with Crippen LogP contribution in [-0.2, 0) is 0 Å². The molecule has 0 atom stereocenters. The fraction of sp³-hybridized carbons (Fsp3) is 0.188. The van der Waals surface area contributed by atoms with Crippen LogP contribution in [0.4, 0.5) is 11.5 Å². The van der Waals surface area contributed by atoms with E-state index in [2.05, 4.69) is 22.2 Å². The normalized spacial score (nSPS) is 16.3. The molecule has 1 aliphatic rings. The predicted octanol–water partition coefficient (Wildman–Crippen LogP) is 4.21. The Hall–Kier alpha value is -2.80. The van der Waals surface area contributed by atoms with Crippen LogP contribution < -0.4 is 5.32 Å². The van der Waals surface area contributed by atoms with E-state index in [1.807, 2.05) is 19.1 Å². The van der Waals surface area contributed by atoms with Crippen molar-refractivity contribution in [1.29, 1.82) is 5.41 Å². The van der Waals surface area contributed by atoms with Crippen LogP contribution in [0.15, 0.2) is 53.4 Å². The molecule has 124 valence electrons. The van der Waals surface area contributed by atoms with Crippen LogP contribution in [0.25, 0.3) is 0 Å². The van der Waals surface area contributed by atoms with Crippen molar-refractivity contribution in [3.63, 3.8) is 0 Å². The number of nitrogens with zero attached hydrogens (tertiary/aromatic N) is 3. The lowest BCUT2D eigenvalue weighted by molar-refractivity contribution is -0.384. The van der Waals surface area contributed by atoms with Crippen molar-refractivity contribution in [2.75, 3.05) is 5.32 Å². The molecule has 24 heavy (non-hydrogen) atoms. The van der Waals surface area contributed by atoms with Gasteiger partial charge in [0, 0.05) is 11.3 Å². The van der Waals surface area contributed by atoms with Crippen molar-refractivity contribution >= 4 is 28.8 Å². The Balaban J connectivity index is 2.33. The molecule has 2 rings (SSSR count). The molecule has 0 aliphatic heterocycles. The number of hydrogen-bond donors (Lipinski definition) is 2. The van der Waals surface area contributed by atoms with Crippen molar-refractivity contribution < 1.29 is 4.92 Å². The van der Waals surface area contributed by atoms with Gasteiger partial charge in [-0.25, -0.2) is 4.98 Å². The van der Waals surface area contributed by atoms with Crippen molar-refractivity contribution in [1.82, 2.24) is 9.97 Å². The van der Waals surface area contributed by atoms with E-state index in [0.717, 1.165) is 12.6 Å². The molecule has 0 amide bonds. The standard InChI is InChI=1S/C16H16ClN5O2/c1-3-10(2)4-5-11-8-12(6-7-13(11)18)20-15-14(22(23)24)9-19-16(17)21-15/h4-9,18H,3H2,1-2H3,(H,19,20,21)/b10-4-,11-5-,18-13?. The van der Waals surface area contributed by atoms with Crippen LogP contribution in [0.5, 0.6) is 0 Å². The Morgan fingerprint density at radius 1 is 1.50 bits per heavy atom. The molecule has 1 aromatic rings. The Kier molecular flexibility index (Phi) is 5.59. The van der Waals surface area contributed by atoms with E-state index in [4.69, 9.17) is 17.0 Å². The lowest BCUT2D eigenvalue weighted by atomic mass is 10.0. The second kappa shape index (κ2) is 7.65. The summed E-state index contributed by atoms with van der Waals surface area (Å²) < 4.78 is 0. The summed E-state index contributed by atoms with van der Waals surface area (Å²) >= 11 is 5.72. The molecule has 1 aliphatic carbocycles. The van der Waals surface area contributed by atoms with Crippen LogP contribution in [0.2, 0.25) is 5.28 Å². The SMILES string of the molecule is CC/C(C)=C\C=C1\C=C(Nc2nc(Cl)ncc2[N+](=O)[O-])C=CC1=N. The van der Waals surface area contributed by atoms with Gasteiger partial charge in [0.2, 0.25) is 11.1 Å². The third-order valence-corrected chi connectivity index (χ3v) is 3.54. The number of halogens is 1. The molecule has 0 saturated heterocycles. The van der Waals surface area contributed by atoms with Gasteiger partial charge in [0.05, 0.1) is 10.6 Å². The summed E-state index contributed by atoms with van der Waals surface area (Å²) in [6.07, 6.45) is 10.7. The van der Waals surface area contributed by atoms with Gasteiger partial charge in [-0.2, -0.15) is 4.98 Å². The van der Waals surface area contributed by atoms with Gasteiger partial charge < -0.3 is 10.7 Å². The lowest BCUT2D eigenvalue weighted by Gasteiger charge is -2.12. The Bertz CT molecular complexity index is 809. The first-order chi connectivity index (χ1) is 11.4. The average Bonchev–Trinajstić information content (AvgIpc) is 2.54. The highest BCUT2D eigenvalue weighted by molar-refractivity contribution is 6.28. The molecular weight excluding hydrogens is 330 g/mol. The maximum atomic E-state index is 11.1. The van der Waals surface area contributed by atoms with Crippen molar-refractivity contribution in [2.24, 2.45) is 0 Å². The van der Waals surface area contributed by atoms with Gasteiger partial charge in [0.25, 0.3) is 0 Å². The first-order valence-electron chi connectivity index (χ1n) is 7.20. The van der Waals surface area contributed by atoms with Gasteiger partial charge in [-0.15, -0.1) is 0 Å². The highest BCUT2D eigenvalue weighted by Gasteiger charge is 2.18. The number of allylic oxidation sites excluding steroid dienone is 7. The fourth-order valence-electron chi connectivity index (χ4n) is 1.84. The second-order valence-corrected chi connectivity index (χ2v) is 5.43. The van der Waals surface area contributed by atoms with E-state index >= 15 is 0 Å². The van der Waals surface area contributed by atoms with Gasteiger partial charge in [-0.1, -0.05) is 24.6 Å². The summed E-state index contributed by atoms with van der Waals surface area (Å²) in [6.45, 7) is 4.06. The third-order valence-electron chi connectivity index (χ3n) is 3.36. The summed E-state index contributed by atoms with van der Waals surface area (Å²) in [5, 5.41) is 21.8. The monoisotopic (exact) mass is 345 g/mol. The molecule has 8 heteroatoms. The fourth-order valence-corrected chi connectivity index (χ4v) is 1.98. The molecule has 0 saturated carbocycles. The molecular formula is C16H16ClN5O2. The summed E-state index contributed by atoms with van der Waals surface area (Å²) in [5.74, 6) is 0.00367. The zero-order valence-corrected chi connectivity index (χ0v) is 14.0. The van der Waals surface area contributed by atoms with Gasteiger partial charge in [-0.05, 0) is 43.2 Å². The molecule has 2 N–H and O–H groups in total. The van der Waals surface area contributed by atoms with Crippen molar-refractivity contribution in [3.05, 3.63) is 68.8 Å².